The lowest BCUT2D eigenvalue weighted by Crippen LogP contribution is -2.27. The molecule has 1 aromatic heterocycles. The highest BCUT2D eigenvalue weighted by Gasteiger charge is 2.37. The maximum Gasteiger partial charge on any atom is 0.235 e. The minimum atomic E-state index is -2.93. The second-order valence-electron chi connectivity index (χ2n) is 8.30. The van der Waals surface area contributed by atoms with Crippen LogP contribution in [0.25, 0.3) is 11.3 Å². The third-order valence-corrected chi connectivity index (χ3v) is 7.49. The van der Waals surface area contributed by atoms with Gasteiger partial charge in [-0.05, 0) is 62.2 Å². The lowest BCUT2D eigenvalue weighted by molar-refractivity contribution is -0.116. The molecule has 0 aliphatic carbocycles. The normalized spacial score (nSPS) is 22.8. The van der Waals surface area contributed by atoms with E-state index in [4.69, 9.17) is 13.6 Å². The van der Waals surface area contributed by atoms with Gasteiger partial charge in [-0.2, -0.15) is 0 Å². The average molecular weight is 473 g/mol. The molecule has 2 heterocycles. The first-order valence-electron chi connectivity index (χ1n) is 10.9. The topological polar surface area (TPSA) is 93.8 Å². The molecule has 1 saturated heterocycles. The molecule has 3 aromatic rings. The van der Waals surface area contributed by atoms with E-state index in [1.54, 1.807) is 30.5 Å². The van der Waals surface area contributed by atoms with Gasteiger partial charge in [-0.3, -0.25) is 4.79 Å². The summed E-state index contributed by atoms with van der Waals surface area (Å²) in [5.74, 6) is 0.0510. The third kappa shape index (κ3) is 6.24. The van der Waals surface area contributed by atoms with Crippen LogP contribution in [-0.2, 0) is 26.4 Å². The quantitative estimate of drug-likeness (QED) is 0.439. The van der Waals surface area contributed by atoms with Crippen LogP contribution < -0.4 is 5.32 Å². The van der Waals surface area contributed by atoms with Gasteiger partial charge in [0.25, 0.3) is 0 Å². The summed E-state index contributed by atoms with van der Waals surface area (Å²) in [5, 5.41) is 6.69. The Labute approximate surface area is 192 Å². The maximum absolute atomic E-state index is 13.2. The highest BCUT2D eigenvalue weighted by Crippen LogP contribution is 2.64. The van der Waals surface area contributed by atoms with Gasteiger partial charge in [-0.15, -0.1) is 0 Å². The Morgan fingerprint density at radius 3 is 2.45 bits per heavy atom. The molecule has 33 heavy (non-hydrogen) atoms. The van der Waals surface area contributed by atoms with Gasteiger partial charge in [-0.1, -0.05) is 17.3 Å². The maximum atomic E-state index is 13.2. The largest absolute Gasteiger partial charge is 0.356 e. The Bertz CT molecular complexity index is 1080. The van der Waals surface area contributed by atoms with Gasteiger partial charge in [0.1, 0.15) is 5.82 Å². The van der Waals surface area contributed by atoms with Crippen molar-refractivity contribution in [1.29, 1.82) is 0 Å². The Morgan fingerprint density at radius 1 is 1.12 bits per heavy atom. The van der Waals surface area contributed by atoms with E-state index in [1.807, 2.05) is 26.0 Å². The zero-order chi connectivity index (χ0) is 23.4. The molecule has 0 bridgehead atoms. The highest BCUT2D eigenvalue weighted by molar-refractivity contribution is 7.59. The first-order valence-corrected chi connectivity index (χ1v) is 12.6. The Hall–Kier alpha value is -2.64. The molecule has 2 aromatic carbocycles. The zero-order valence-corrected chi connectivity index (χ0v) is 19.4. The summed E-state index contributed by atoms with van der Waals surface area (Å²) in [5.41, 5.74) is 3.02. The number of carbonyl (C=O) groups excluding carboxylic acids is 1. The van der Waals surface area contributed by atoms with Crippen molar-refractivity contribution in [3.8, 4) is 11.3 Å². The van der Waals surface area contributed by atoms with Crippen molar-refractivity contribution in [3.05, 3.63) is 71.7 Å². The molecule has 2 unspecified atom stereocenters. The first-order chi connectivity index (χ1) is 15.8. The van der Waals surface area contributed by atoms with Crippen LogP contribution in [0.4, 0.5) is 10.1 Å². The first kappa shape index (κ1) is 23.5. The number of hydrogen-bond donors (Lipinski definition) is 2. The Kier molecular flexibility index (Phi) is 7.20. The summed E-state index contributed by atoms with van der Waals surface area (Å²) >= 11 is 0. The van der Waals surface area contributed by atoms with Crippen molar-refractivity contribution in [3.63, 3.8) is 0 Å². The van der Waals surface area contributed by atoms with Crippen LogP contribution in [-0.4, -0.2) is 28.2 Å². The molecule has 1 fully saturated rings. The van der Waals surface area contributed by atoms with Crippen molar-refractivity contribution in [2.75, 3.05) is 5.32 Å². The summed E-state index contributed by atoms with van der Waals surface area (Å²) in [7, 11) is -2.93. The molecular formula is C24H27FN2O5P. The summed E-state index contributed by atoms with van der Waals surface area (Å²) in [6.07, 6.45) is 3.22. The fourth-order valence-electron chi connectivity index (χ4n) is 3.89. The predicted molar refractivity (Wildman–Crippen MR) is 124 cm³/mol. The smallest absolute Gasteiger partial charge is 0.235 e. The van der Waals surface area contributed by atoms with Crippen molar-refractivity contribution in [2.24, 2.45) is 0 Å². The monoisotopic (exact) mass is 473 g/mol. The number of amides is 1. The van der Waals surface area contributed by atoms with E-state index in [-0.39, 0.29) is 30.4 Å². The molecule has 1 aliphatic heterocycles. The standard InChI is InChI=1S/C24H27FN2O5P/c1-16-13-17(2)32-33(29,31-16)15-18-3-10-22(11-4-18)27-23(28)12-7-20-14-26-30-24(20)19-5-8-21(25)9-6-19/h3-6,8-11,14,16-17,29H,7,12-13,15H2,1-2H3,(H,27,28). The van der Waals surface area contributed by atoms with Gasteiger partial charge in [0.15, 0.2) is 5.76 Å². The molecule has 0 spiro atoms. The molecule has 4 rings (SSSR count). The van der Waals surface area contributed by atoms with Gasteiger partial charge >= 0.3 is 0 Å². The number of aryl methyl sites for hydroxylation is 1. The van der Waals surface area contributed by atoms with E-state index in [2.05, 4.69) is 10.5 Å². The SMILES string of the molecule is CC1CC(C)O[P](O)(Cc2ccc(NC(=O)CCc3cnoc3-c3ccc(F)cc3)cc2)O1. The number of benzene rings is 2. The van der Waals surface area contributed by atoms with Gasteiger partial charge in [0, 0.05) is 29.7 Å². The second-order valence-corrected chi connectivity index (χ2v) is 10.3. The van der Waals surface area contributed by atoms with Gasteiger partial charge in [-0.25, -0.2) is 4.39 Å². The van der Waals surface area contributed by atoms with Crippen molar-refractivity contribution in [1.82, 2.24) is 5.16 Å². The van der Waals surface area contributed by atoms with Crippen molar-refractivity contribution in [2.45, 2.75) is 51.5 Å². The number of halogens is 1. The fraction of sp³-hybridized carbons (Fsp3) is 0.333. The molecular weight excluding hydrogens is 446 g/mol. The number of nitrogens with one attached hydrogen (secondary N) is 1. The van der Waals surface area contributed by atoms with E-state index < -0.39 is 7.94 Å². The minimum Gasteiger partial charge on any atom is -0.356 e. The average Bonchev–Trinajstić information content (AvgIpc) is 3.22. The third-order valence-electron chi connectivity index (χ3n) is 5.35. The fourth-order valence-corrected chi connectivity index (χ4v) is 6.06. The van der Waals surface area contributed by atoms with Crippen molar-refractivity contribution < 1.29 is 27.6 Å². The number of anilines is 1. The molecule has 0 saturated carbocycles. The van der Waals surface area contributed by atoms with Crippen LogP contribution in [0, 0.1) is 5.82 Å². The summed E-state index contributed by atoms with van der Waals surface area (Å²) in [4.78, 5) is 23.2. The van der Waals surface area contributed by atoms with Gasteiger partial charge < -0.3 is 23.8 Å². The lowest BCUT2D eigenvalue weighted by atomic mass is 10.1. The van der Waals surface area contributed by atoms with E-state index in [0.29, 0.717) is 29.6 Å². The van der Waals surface area contributed by atoms with Crippen LogP contribution in [0.3, 0.4) is 0 Å². The van der Waals surface area contributed by atoms with Crippen LogP contribution in [0.15, 0.2) is 59.3 Å². The number of hydrogen-bond acceptors (Lipinski definition) is 6. The summed E-state index contributed by atoms with van der Waals surface area (Å²) < 4.78 is 29.9. The predicted octanol–water partition coefficient (Wildman–Crippen LogP) is 5.52. The van der Waals surface area contributed by atoms with Gasteiger partial charge in [0.2, 0.25) is 13.9 Å². The highest BCUT2D eigenvalue weighted by atomic mass is 31.2. The minimum absolute atomic E-state index is 0.0420. The van der Waals surface area contributed by atoms with Crippen LogP contribution in [0.2, 0.25) is 0 Å². The summed E-state index contributed by atoms with van der Waals surface area (Å²) in [6.45, 7) is 3.87. The van der Waals surface area contributed by atoms with E-state index in [1.165, 1.54) is 12.1 Å². The Morgan fingerprint density at radius 2 is 1.79 bits per heavy atom. The molecule has 1 aliphatic rings. The molecule has 7 nitrogen and oxygen atoms in total. The second kappa shape index (κ2) is 10.1. The molecule has 1 radical (unpaired) electrons. The molecule has 9 heteroatoms. The lowest BCUT2D eigenvalue weighted by Gasteiger charge is -2.39. The summed E-state index contributed by atoms with van der Waals surface area (Å²) in [6, 6.07) is 13.2. The van der Waals surface area contributed by atoms with Crippen LogP contribution in [0.5, 0.6) is 0 Å². The van der Waals surface area contributed by atoms with Crippen LogP contribution >= 0.6 is 7.94 Å². The number of nitrogens with zero attached hydrogens (tertiary/aromatic N) is 1. The zero-order valence-electron chi connectivity index (χ0n) is 18.5. The van der Waals surface area contributed by atoms with E-state index >= 15 is 0 Å². The molecule has 2 N–H and O–H groups in total. The van der Waals surface area contributed by atoms with Gasteiger partial charge in [0.05, 0.1) is 24.6 Å². The molecule has 1 amide bonds. The van der Waals surface area contributed by atoms with E-state index in [9.17, 15) is 14.1 Å². The molecule has 2 atom stereocenters. The van der Waals surface area contributed by atoms with Crippen LogP contribution in [0.1, 0.15) is 37.8 Å². The number of carbonyl (C=O) groups is 1. The van der Waals surface area contributed by atoms with Crippen molar-refractivity contribution >= 4 is 19.5 Å². The number of aromatic nitrogens is 1. The molecule has 175 valence electrons. The number of rotatable bonds is 7. The Balaban J connectivity index is 1.31. The van der Waals surface area contributed by atoms with E-state index in [0.717, 1.165) is 17.5 Å².